The Morgan fingerprint density at radius 3 is 2.67 bits per heavy atom. The molecular formula is C16H16N4O2S2. The topological polar surface area (TPSA) is 76.0 Å². The molecule has 8 heteroatoms. The van der Waals surface area contributed by atoms with Gasteiger partial charge in [-0.2, -0.15) is 5.10 Å². The first-order valence-electron chi connectivity index (χ1n) is 7.33. The van der Waals surface area contributed by atoms with Crippen molar-refractivity contribution in [2.75, 3.05) is 11.9 Å². The van der Waals surface area contributed by atoms with Crippen LogP contribution in [0.25, 0.3) is 0 Å². The van der Waals surface area contributed by atoms with E-state index in [1.165, 1.54) is 20.9 Å². The number of aromatic nitrogens is 2. The molecule has 124 valence electrons. The molecule has 2 N–H and O–H groups in total. The molecular weight excluding hydrogens is 344 g/mol. The molecule has 0 aromatic carbocycles. The molecule has 0 aliphatic heterocycles. The van der Waals surface area contributed by atoms with Crippen molar-refractivity contribution in [3.63, 3.8) is 0 Å². The molecule has 3 rings (SSSR count). The van der Waals surface area contributed by atoms with Crippen molar-refractivity contribution < 1.29 is 9.59 Å². The highest BCUT2D eigenvalue weighted by Gasteiger charge is 2.15. The van der Waals surface area contributed by atoms with Gasteiger partial charge in [-0.25, -0.2) is 0 Å². The molecule has 0 unspecified atom stereocenters. The zero-order valence-corrected chi connectivity index (χ0v) is 14.6. The fraction of sp³-hybridized carbons (Fsp3) is 0.188. The summed E-state index contributed by atoms with van der Waals surface area (Å²) >= 11 is 3.02. The van der Waals surface area contributed by atoms with Crippen LogP contribution in [0.4, 0.5) is 5.82 Å². The van der Waals surface area contributed by atoms with Gasteiger partial charge in [-0.05, 0) is 29.3 Å². The Kier molecular flexibility index (Phi) is 5.07. The van der Waals surface area contributed by atoms with Gasteiger partial charge >= 0.3 is 0 Å². The molecule has 0 atom stereocenters. The van der Waals surface area contributed by atoms with Gasteiger partial charge < -0.3 is 10.6 Å². The normalized spacial score (nSPS) is 10.5. The first kappa shape index (κ1) is 16.4. The largest absolute Gasteiger partial charge is 0.350 e. The van der Waals surface area contributed by atoms with Crippen LogP contribution in [0.2, 0.25) is 0 Å². The van der Waals surface area contributed by atoms with E-state index in [2.05, 4.69) is 15.7 Å². The van der Waals surface area contributed by atoms with E-state index in [9.17, 15) is 9.59 Å². The SMILES string of the molecule is Cn1nc(C(=O)NCCc2cccs2)cc1NC(=O)c1cccs1. The van der Waals surface area contributed by atoms with Gasteiger partial charge in [0, 0.05) is 24.5 Å². The molecule has 3 aromatic rings. The fourth-order valence-corrected chi connectivity index (χ4v) is 3.45. The van der Waals surface area contributed by atoms with Crippen LogP contribution in [0, 0.1) is 0 Å². The highest BCUT2D eigenvalue weighted by atomic mass is 32.1. The summed E-state index contributed by atoms with van der Waals surface area (Å²) in [7, 11) is 1.69. The Bertz CT molecular complexity index is 823. The number of nitrogens with zero attached hydrogens (tertiary/aromatic N) is 2. The number of amides is 2. The maximum Gasteiger partial charge on any atom is 0.271 e. The lowest BCUT2D eigenvalue weighted by Gasteiger charge is -2.02. The van der Waals surface area contributed by atoms with Crippen LogP contribution < -0.4 is 10.6 Å². The average Bonchev–Trinajstić information content (AvgIpc) is 3.29. The molecule has 24 heavy (non-hydrogen) atoms. The average molecular weight is 360 g/mol. The Morgan fingerprint density at radius 2 is 1.96 bits per heavy atom. The lowest BCUT2D eigenvalue weighted by molar-refractivity contribution is 0.0947. The molecule has 0 saturated heterocycles. The summed E-state index contributed by atoms with van der Waals surface area (Å²) in [5.74, 6) is 0.0215. The minimum Gasteiger partial charge on any atom is -0.350 e. The van der Waals surface area contributed by atoms with Crippen LogP contribution in [-0.2, 0) is 13.5 Å². The molecule has 0 spiro atoms. The van der Waals surface area contributed by atoms with E-state index in [1.54, 1.807) is 30.5 Å². The third kappa shape index (κ3) is 3.90. The molecule has 0 aliphatic rings. The van der Waals surface area contributed by atoms with Crippen molar-refractivity contribution in [1.29, 1.82) is 0 Å². The van der Waals surface area contributed by atoms with E-state index in [-0.39, 0.29) is 17.5 Å². The van der Waals surface area contributed by atoms with Crippen molar-refractivity contribution in [2.24, 2.45) is 7.05 Å². The van der Waals surface area contributed by atoms with Gasteiger partial charge in [0.2, 0.25) is 0 Å². The Hall–Kier alpha value is -2.45. The minimum absolute atomic E-state index is 0.211. The lowest BCUT2D eigenvalue weighted by Crippen LogP contribution is -2.26. The summed E-state index contributed by atoms with van der Waals surface area (Å²) in [5.41, 5.74) is 0.283. The molecule has 2 amide bonds. The number of aryl methyl sites for hydroxylation is 1. The van der Waals surface area contributed by atoms with Crippen molar-refractivity contribution in [3.05, 3.63) is 56.5 Å². The quantitative estimate of drug-likeness (QED) is 0.710. The first-order chi connectivity index (χ1) is 11.6. The number of nitrogens with one attached hydrogen (secondary N) is 2. The maximum atomic E-state index is 12.2. The summed E-state index contributed by atoms with van der Waals surface area (Å²) in [6.45, 7) is 0.548. The Balaban J connectivity index is 1.58. The number of anilines is 1. The predicted octanol–water partition coefficient (Wildman–Crippen LogP) is 2.77. The van der Waals surface area contributed by atoms with Crippen molar-refractivity contribution >= 4 is 40.3 Å². The first-order valence-corrected chi connectivity index (χ1v) is 9.09. The second-order valence-corrected chi connectivity index (χ2v) is 7.04. The van der Waals surface area contributed by atoms with Gasteiger partial charge in [-0.15, -0.1) is 22.7 Å². The van der Waals surface area contributed by atoms with Crippen LogP contribution in [0.5, 0.6) is 0 Å². The van der Waals surface area contributed by atoms with Crippen LogP contribution in [0.15, 0.2) is 41.1 Å². The lowest BCUT2D eigenvalue weighted by atomic mass is 10.3. The van der Waals surface area contributed by atoms with Crippen molar-refractivity contribution in [2.45, 2.75) is 6.42 Å². The highest BCUT2D eigenvalue weighted by molar-refractivity contribution is 7.12. The third-order valence-corrected chi connectivity index (χ3v) is 5.14. The number of carbonyl (C=O) groups excluding carboxylic acids is 2. The van der Waals surface area contributed by atoms with Gasteiger partial charge in [0.15, 0.2) is 5.69 Å². The summed E-state index contributed by atoms with van der Waals surface area (Å²) in [6, 6.07) is 9.16. The monoisotopic (exact) mass is 360 g/mol. The van der Waals surface area contributed by atoms with E-state index in [1.807, 2.05) is 29.0 Å². The van der Waals surface area contributed by atoms with E-state index >= 15 is 0 Å². The minimum atomic E-state index is -0.251. The smallest absolute Gasteiger partial charge is 0.271 e. The molecule has 3 heterocycles. The summed E-state index contributed by atoms with van der Waals surface area (Å²) in [4.78, 5) is 26.1. The number of hydrogen-bond donors (Lipinski definition) is 2. The number of carbonyl (C=O) groups is 2. The van der Waals surface area contributed by atoms with Gasteiger partial charge in [0.1, 0.15) is 5.82 Å². The van der Waals surface area contributed by atoms with Crippen LogP contribution >= 0.6 is 22.7 Å². The summed E-state index contributed by atoms with van der Waals surface area (Å²) in [6.07, 6.45) is 0.790. The van der Waals surface area contributed by atoms with E-state index in [0.29, 0.717) is 17.2 Å². The number of rotatable bonds is 6. The van der Waals surface area contributed by atoms with Gasteiger partial charge in [-0.1, -0.05) is 12.1 Å². The molecule has 0 aliphatic carbocycles. The molecule has 0 bridgehead atoms. The highest BCUT2D eigenvalue weighted by Crippen LogP contribution is 2.14. The van der Waals surface area contributed by atoms with Crippen LogP contribution in [0.3, 0.4) is 0 Å². The van der Waals surface area contributed by atoms with Crippen LogP contribution in [-0.4, -0.2) is 28.1 Å². The zero-order chi connectivity index (χ0) is 16.9. The summed E-state index contributed by atoms with van der Waals surface area (Å²) < 4.78 is 1.49. The molecule has 0 saturated carbocycles. The zero-order valence-electron chi connectivity index (χ0n) is 13.0. The van der Waals surface area contributed by atoms with E-state index in [4.69, 9.17) is 0 Å². The van der Waals surface area contributed by atoms with Crippen molar-refractivity contribution in [3.8, 4) is 0 Å². The third-order valence-electron chi connectivity index (χ3n) is 3.34. The van der Waals surface area contributed by atoms with E-state index in [0.717, 1.165) is 6.42 Å². The standard InChI is InChI=1S/C16H16N4O2S2/c1-20-14(18-16(22)13-5-3-9-24-13)10-12(19-20)15(21)17-7-6-11-4-2-8-23-11/h2-5,8-10H,6-7H2,1H3,(H,17,21)(H,18,22). The Morgan fingerprint density at radius 1 is 1.17 bits per heavy atom. The van der Waals surface area contributed by atoms with E-state index < -0.39 is 0 Å². The second kappa shape index (κ2) is 7.41. The predicted molar refractivity (Wildman–Crippen MR) is 95.8 cm³/mol. The van der Waals surface area contributed by atoms with Crippen LogP contribution in [0.1, 0.15) is 25.0 Å². The number of hydrogen-bond acceptors (Lipinski definition) is 5. The molecule has 6 nitrogen and oxygen atoms in total. The number of thiophene rings is 2. The Labute approximate surface area is 147 Å². The van der Waals surface area contributed by atoms with Gasteiger partial charge in [0.05, 0.1) is 4.88 Å². The maximum absolute atomic E-state index is 12.2. The molecule has 0 fully saturated rings. The summed E-state index contributed by atoms with van der Waals surface area (Å²) in [5, 5.41) is 13.6. The fourth-order valence-electron chi connectivity index (χ4n) is 2.13. The van der Waals surface area contributed by atoms with Gasteiger partial charge in [-0.3, -0.25) is 14.3 Å². The molecule has 3 aromatic heterocycles. The molecule has 0 radical (unpaired) electrons. The van der Waals surface area contributed by atoms with Gasteiger partial charge in [0.25, 0.3) is 11.8 Å². The second-order valence-electron chi connectivity index (χ2n) is 5.06. The van der Waals surface area contributed by atoms with Crippen molar-refractivity contribution in [1.82, 2.24) is 15.1 Å².